The lowest BCUT2D eigenvalue weighted by Crippen LogP contribution is -2.54. The van der Waals surface area contributed by atoms with E-state index in [9.17, 15) is 4.79 Å². The van der Waals surface area contributed by atoms with Gasteiger partial charge in [-0.1, -0.05) is 59.7 Å². The van der Waals surface area contributed by atoms with Crippen LogP contribution in [0.2, 0.25) is 0 Å². The molecule has 0 aromatic heterocycles. The van der Waals surface area contributed by atoms with Crippen molar-refractivity contribution in [2.75, 3.05) is 13.2 Å². The lowest BCUT2D eigenvalue weighted by atomic mass is 9.81. The van der Waals surface area contributed by atoms with Crippen molar-refractivity contribution >= 4 is 17.5 Å². The number of aliphatic hydroxyl groups excluding tert-OH is 1. The molecule has 3 N–H and O–H groups in total. The van der Waals surface area contributed by atoms with Crippen molar-refractivity contribution < 1.29 is 19.4 Å². The van der Waals surface area contributed by atoms with Crippen LogP contribution in [0.25, 0.3) is 10.4 Å². The first-order chi connectivity index (χ1) is 19.1. The number of ether oxygens (including phenoxy) is 2. The fraction of sp³-hybridized carbons (Fsp3) is 0.310. The highest BCUT2D eigenvalue weighted by molar-refractivity contribution is 6.01. The summed E-state index contributed by atoms with van der Waals surface area (Å²) >= 11 is 0. The molecule has 5 rings (SSSR count). The summed E-state index contributed by atoms with van der Waals surface area (Å²) in [5, 5.41) is 12.8. The number of azide groups is 1. The zero-order valence-corrected chi connectivity index (χ0v) is 21.4. The average Bonchev–Trinajstić information content (AvgIpc) is 3.73. The maximum atomic E-state index is 14.0. The van der Waals surface area contributed by atoms with Gasteiger partial charge in [-0.05, 0) is 53.8 Å². The Kier molecular flexibility index (Phi) is 8.07. The van der Waals surface area contributed by atoms with Crippen molar-refractivity contribution in [3.63, 3.8) is 0 Å². The van der Waals surface area contributed by atoms with Gasteiger partial charge in [-0.2, -0.15) is 0 Å². The summed E-state index contributed by atoms with van der Waals surface area (Å²) in [5.41, 5.74) is 16.3. The fourth-order valence-corrected chi connectivity index (χ4v) is 4.51. The number of aliphatic imine (C=N–C) groups is 1. The van der Waals surface area contributed by atoms with Gasteiger partial charge in [0.2, 0.25) is 5.90 Å². The highest BCUT2D eigenvalue weighted by Crippen LogP contribution is 2.43. The van der Waals surface area contributed by atoms with E-state index >= 15 is 0 Å². The van der Waals surface area contributed by atoms with E-state index in [0.29, 0.717) is 41.5 Å². The zero-order valence-electron chi connectivity index (χ0n) is 21.4. The van der Waals surface area contributed by atoms with Crippen LogP contribution in [0.1, 0.15) is 42.1 Å². The first-order valence-corrected chi connectivity index (χ1v) is 13.0. The summed E-state index contributed by atoms with van der Waals surface area (Å²) in [4.78, 5) is 22.0. The van der Waals surface area contributed by atoms with E-state index in [2.05, 4.69) is 20.9 Å². The third-order valence-corrected chi connectivity index (χ3v) is 6.70. The number of nitrogens with zero attached hydrogens (tertiary/aromatic N) is 4. The van der Waals surface area contributed by atoms with Crippen molar-refractivity contribution in [3.05, 3.63) is 106 Å². The van der Waals surface area contributed by atoms with Gasteiger partial charge in [0.05, 0.1) is 6.61 Å². The third kappa shape index (κ3) is 6.04. The van der Waals surface area contributed by atoms with Crippen LogP contribution in [0.15, 0.2) is 89.0 Å². The molecule has 1 aliphatic carbocycles. The van der Waals surface area contributed by atoms with E-state index in [1.165, 1.54) is 0 Å². The normalized spacial score (nSPS) is 19.9. The Labute approximate surface area is 226 Å². The molecule has 0 unspecified atom stereocenters. The maximum Gasteiger partial charge on any atom is 0.266 e. The fourth-order valence-electron chi connectivity index (χ4n) is 4.51. The molecule has 39 heavy (non-hydrogen) atoms. The van der Waals surface area contributed by atoms with Crippen LogP contribution < -0.4 is 15.6 Å². The van der Waals surface area contributed by atoms with E-state index in [1.807, 2.05) is 66.7 Å². The van der Waals surface area contributed by atoms with Gasteiger partial charge in [-0.25, -0.2) is 10.4 Å². The first-order valence-electron chi connectivity index (χ1n) is 13.0. The molecule has 10 heteroatoms. The molecule has 0 spiro atoms. The van der Waals surface area contributed by atoms with Crippen molar-refractivity contribution in [2.24, 2.45) is 10.1 Å². The van der Waals surface area contributed by atoms with Gasteiger partial charge >= 0.3 is 0 Å². The number of carbonyl (C=O) groups is 1. The van der Waals surface area contributed by atoms with Crippen molar-refractivity contribution in [3.8, 4) is 5.75 Å². The smallest absolute Gasteiger partial charge is 0.266 e. The molecule has 3 aromatic carbocycles. The van der Waals surface area contributed by atoms with Gasteiger partial charge in [0, 0.05) is 41.7 Å². The molecule has 0 radical (unpaired) electrons. The predicted molar refractivity (Wildman–Crippen MR) is 146 cm³/mol. The Bertz CT molecular complexity index is 1370. The number of benzene rings is 3. The van der Waals surface area contributed by atoms with Crippen LogP contribution in [-0.4, -0.2) is 41.7 Å². The molecule has 200 valence electrons. The number of amides is 1. The summed E-state index contributed by atoms with van der Waals surface area (Å²) in [7, 11) is 0. The van der Waals surface area contributed by atoms with Gasteiger partial charge in [0.1, 0.15) is 5.75 Å². The van der Waals surface area contributed by atoms with Crippen LogP contribution in [-0.2, 0) is 16.0 Å². The second kappa shape index (κ2) is 12.0. The van der Waals surface area contributed by atoms with Gasteiger partial charge < -0.3 is 14.6 Å². The molecule has 2 aliphatic rings. The highest BCUT2D eigenvalue weighted by atomic mass is 16.5. The number of hydrazine groups is 1. The number of hydrogen-bond donors (Lipinski definition) is 3. The lowest BCUT2D eigenvalue weighted by molar-refractivity contribution is -0.130. The monoisotopic (exact) mass is 526 g/mol. The van der Waals surface area contributed by atoms with Crippen LogP contribution >= 0.6 is 0 Å². The summed E-state index contributed by atoms with van der Waals surface area (Å²) in [6, 6.07) is 24.2. The van der Waals surface area contributed by atoms with E-state index in [-0.39, 0.29) is 25.0 Å². The van der Waals surface area contributed by atoms with Crippen LogP contribution in [0.3, 0.4) is 0 Å². The predicted octanol–water partition coefficient (Wildman–Crippen LogP) is 4.67. The van der Waals surface area contributed by atoms with Gasteiger partial charge in [0.15, 0.2) is 11.6 Å². The summed E-state index contributed by atoms with van der Waals surface area (Å²) in [5.74, 6) is 0.651. The maximum absolute atomic E-state index is 14.0. The minimum atomic E-state index is -1.39. The molecule has 1 aliphatic heterocycles. The molecule has 10 nitrogen and oxygen atoms in total. The number of rotatable bonds is 12. The molecule has 0 bridgehead atoms. The van der Waals surface area contributed by atoms with Crippen molar-refractivity contribution in [1.29, 1.82) is 0 Å². The van der Waals surface area contributed by atoms with E-state index in [1.54, 1.807) is 12.1 Å². The minimum absolute atomic E-state index is 0.0617. The molecule has 1 fully saturated rings. The molecule has 1 heterocycles. The Balaban J connectivity index is 1.56. The topological polar surface area (TPSA) is 141 Å². The third-order valence-electron chi connectivity index (χ3n) is 6.70. The Morgan fingerprint density at radius 1 is 1.10 bits per heavy atom. The molecule has 3 aromatic rings. The first kappa shape index (κ1) is 26.2. The van der Waals surface area contributed by atoms with Gasteiger partial charge in [-0.15, -0.1) is 0 Å². The molecule has 2 atom stereocenters. The Morgan fingerprint density at radius 3 is 2.56 bits per heavy atom. The Hall–Kier alpha value is -4.37. The highest BCUT2D eigenvalue weighted by Gasteiger charge is 2.53. The van der Waals surface area contributed by atoms with Crippen LogP contribution in [0, 0.1) is 0 Å². The summed E-state index contributed by atoms with van der Waals surface area (Å²) in [6.07, 6.45) is 1.93. The number of carbonyl (C=O) groups excluding carboxylic acids is 1. The number of aliphatic hydroxyl groups is 1. The van der Waals surface area contributed by atoms with Crippen LogP contribution in [0.4, 0.5) is 5.69 Å². The lowest BCUT2D eigenvalue weighted by Gasteiger charge is -2.31. The Morgan fingerprint density at radius 2 is 1.85 bits per heavy atom. The van der Waals surface area contributed by atoms with E-state index < -0.39 is 11.6 Å². The van der Waals surface area contributed by atoms with Gasteiger partial charge in [0.25, 0.3) is 5.91 Å². The second-order valence-electron chi connectivity index (χ2n) is 9.57. The van der Waals surface area contributed by atoms with Crippen LogP contribution in [0.5, 0.6) is 5.75 Å². The van der Waals surface area contributed by atoms with Crippen molar-refractivity contribution in [1.82, 2.24) is 10.9 Å². The SMILES string of the molecule is [N-]=[N+]=Nc1ccccc1C[C@]1(C(=O)NNC2CC2)N=C(c2ccc(OCCCO)cc2)O[C@H]1c1ccccc1. The molecule has 1 saturated carbocycles. The largest absolute Gasteiger partial charge is 0.494 e. The average molecular weight is 527 g/mol. The summed E-state index contributed by atoms with van der Waals surface area (Å²) in [6.45, 7) is 0.470. The van der Waals surface area contributed by atoms with Gasteiger partial charge in [-0.3, -0.25) is 10.2 Å². The van der Waals surface area contributed by atoms with E-state index in [0.717, 1.165) is 18.4 Å². The molecular formula is C29H30N6O4. The summed E-state index contributed by atoms with van der Waals surface area (Å²) < 4.78 is 12.1. The quantitative estimate of drug-likeness (QED) is 0.103. The second-order valence-corrected chi connectivity index (χ2v) is 9.57. The van der Waals surface area contributed by atoms with Crippen molar-refractivity contribution in [2.45, 2.75) is 43.4 Å². The minimum Gasteiger partial charge on any atom is -0.494 e. The molecular weight excluding hydrogens is 496 g/mol. The number of hydrogen-bond acceptors (Lipinski definition) is 7. The molecule has 0 saturated heterocycles. The molecule has 1 amide bonds. The standard InChI is InChI=1S/C29H30N6O4/c30-35-33-25-10-5-4-9-22(25)19-29(28(37)34-32-23-13-14-23)26(20-7-2-1-3-8-20)39-27(31-29)21-11-15-24(16-12-21)38-18-6-17-36/h1-5,7-12,15-16,23,26,32,36H,6,13-14,17-19H2,(H,34,37)/t26-,29-/m0/s1. The zero-order chi connectivity index (χ0) is 27.1. The van der Waals surface area contributed by atoms with E-state index in [4.69, 9.17) is 25.1 Å². The number of nitrogens with one attached hydrogen (secondary N) is 2.